The first-order valence-electron chi connectivity index (χ1n) is 5.77. The van der Waals surface area contributed by atoms with Gasteiger partial charge in [-0.1, -0.05) is 0 Å². The lowest BCUT2D eigenvalue weighted by Crippen LogP contribution is -2.05. The average molecular weight is 240 g/mol. The van der Waals surface area contributed by atoms with Crippen molar-refractivity contribution >= 4 is 11.4 Å². The summed E-state index contributed by atoms with van der Waals surface area (Å²) in [6, 6.07) is 7.73. The molecule has 4 nitrogen and oxygen atoms in total. The number of anilines is 2. The lowest BCUT2D eigenvalue weighted by molar-refractivity contribution is 1.22. The van der Waals surface area contributed by atoms with Gasteiger partial charge in [-0.2, -0.15) is 0 Å². The Morgan fingerprint density at radius 2 is 1.06 bits per heavy atom. The minimum atomic E-state index is 1.03. The van der Waals surface area contributed by atoms with Crippen molar-refractivity contribution in [1.29, 1.82) is 0 Å². The van der Waals surface area contributed by atoms with Crippen molar-refractivity contribution in [2.75, 3.05) is 10.6 Å². The van der Waals surface area contributed by atoms with Gasteiger partial charge in [-0.15, -0.1) is 0 Å². The van der Waals surface area contributed by atoms with E-state index in [1.54, 1.807) is 24.8 Å². The van der Waals surface area contributed by atoms with E-state index < -0.39 is 0 Å². The summed E-state index contributed by atoms with van der Waals surface area (Å²) in [5, 5.41) is 6.65. The van der Waals surface area contributed by atoms with Gasteiger partial charge in [-0.25, -0.2) is 0 Å². The van der Waals surface area contributed by atoms with Crippen LogP contribution < -0.4 is 10.6 Å². The number of rotatable bonds is 4. The van der Waals surface area contributed by atoms with Gasteiger partial charge < -0.3 is 10.6 Å². The van der Waals surface area contributed by atoms with Gasteiger partial charge in [0.2, 0.25) is 0 Å². The Morgan fingerprint density at radius 1 is 0.722 bits per heavy atom. The molecule has 0 amide bonds. The lowest BCUT2D eigenvalue weighted by atomic mass is 10.3. The summed E-state index contributed by atoms with van der Waals surface area (Å²) in [5.74, 6) is 0. The predicted octanol–water partition coefficient (Wildman–Crippen LogP) is 3.25. The Kier molecular flexibility index (Phi) is 3.91. The molecule has 0 saturated carbocycles. The van der Waals surface area contributed by atoms with Crippen molar-refractivity contribution < 1.29 is 0 Å². The standard InChI is InChI=1S/C14H16N4/c1-11(17-13-3-7-15-8-4-13)12(2)18-14-5-9-16-10-6-14/h3-10H,1-2H3,(H,15,17)(H,16,18)/b12-11-. The Labute approximate surface area is 107 Å². The van der Waals surface area contributed by atoms with Crippen LogP contribution in [0.25, 0.3) is 0 Å². The molecule has 92 valence electrons. The van der Waals surface area contributed by atoms with E-state index in [0.717, 1.165) is 22.8 Å². The quantitative estimate of drug-likeness (QED) is 0.861. The summed E-state index contributed by atoms with van der Waals surface area (Å²) < 4.78 is 0. The zero-order chi connectivity index (χ0) is 12.8. The van der Waals surface area contributed by atoms with Gasteiger partial charge in [0, 0.05) is 47.6 Å². The molecule has 0 atom stereocenters. The van der Waals surface area contributed by atoms with Gasteiger partial charge in [0.1, 0.15) is 0 Å². The second-order valence-electron chi connectivity index (χ2n) is 3.97. The molecule has 2 N–H and O–H groups in total. The number of nitrogens with zero attached hydrogens (tertiary/aromatic N) is 2. The minimum absolute atomic E-state index is 1.03. The number of aromatic nitrogens is 2. The lowest BCUT2D eigenvalue weighted by Gasteiger charge is -2.12. The molecule has 0 aliphatic heterocycles. The van der Waals surface area contributed by atoms with Crippen molar-refractivity contribution in [2.24, 2.45) is 0 Å². The Bertz CT molecular complexity index is 471. The summed E-state index contributed by atoms with van der Waals surface area (Å²) in [4.78, 5) is 7.97. The number of pyridine rings is 2. The summed E-state index contributed by atoms with van der Waals surface area (Å²) >= 11 is 0. The summed E-state index contributed by atoms with van der Waals surface area (Å²) in [6.45, 7) is 4.06. The monoisotopic (exact) mass is 240 g/mol. The smallest absolute Gasteiger partial charge is 0.0413 e. The van der Waals surface area contributed by atoms with E-state index >= 15 is 0 Å². The fourth-order valence-corrected chi connectivity index (χ4v) is 1.49. The van der Waals surface area contributed by atoms with E-state index in [2.05, 4.69) is 20.6 Å². The molecule has 0 aliphatic rings. The molecular formula is C14H16N4. The number of hydrogen-bond acceptors (Lipinski definition) is 4. The van der Waals surface area contributed by atoms with E-state index in [-0.39, 0.29) is 0 Å². The molecule has 0 aromatic carbocycles. The van der Waals surface area contributed by atoms with Gasteiger partial charge in [-0.3, -0.25) is 9.97 Å². The summed E-state index contributed by atoms with van der Waals surface area (Å²) in [6.07, 6.45) is 7.06. The molecule has 0 aliphatic carbocycles. The van der Waals surface area contributed by atoms with Crippen molar-refractivity contribution in [2.45, 2.75) is 13.8 Å². The largest absolute Gasteiger partial charge is 0.358 e. The van der Waals surface area contributed by atoms with Crippen LogP contribution in [0.1, 0.15) is 13.8 Å². The SMILES string of the molecule is C/C(Nc1ccncc1)=C(\C)Nc1ccncc1. The van der Waals surface area contributed by atoms with Crippen LogP contribution in [0.15, 0.2) is 60.4 Å². The molecule has 4 heteroatoms. The Hall–Kier alpha value is -2.36. The Balaban J connectivity index is 2.06. The maximum atomic E-state index is 3.99. The maximum Gasteiger partial charge on any atom is 0.0413 e. The molecular weight excluding hydrogens is 224 g/mol. The summed E-state index contributed by atoms with van der Waals surface area (Å²) in [5.41, 5.74) is 4.19. The van der Waals surface area contributed by atoms with Crippen molar-refractivity contribution in [3.05, 3.63) is 60.4 Å². The van der Waals surface area contributed by atoms with Crippen LogP contribution in [0.4, 0.5) is 11.4 Å². The van der Waals surface area contributed by atoms with Crippen molar-refractivity contribution in [1.82, 2.24) is 9.97 Å². The fraction of sp³-hybridized carbons (Fsp3) is 0.143. The molecule has 2 aromatic rings. The zero-order valence-corrected chi connectivity index (χ0v) is 10.5. The molecule has 2 aromatic heterocycles. The minimum Gasteiger partial charge on any atom is -0.358 e. The fourth-order valence-electron chi connectivity index (χ4n) is 1.49. The van der Waals surface area contributed by atoms with Crippen molar-refractivity contribution in [3.63, 3.8) is 0 Å². The third-order valence-corrected chi connectivity index (χ3v) is 2.59. The molecule has 0 radical (unpaired) electrons. The molecule has 0 bridgehead atoms. The third-order valence-electron chi connectivity index (χ3n) is 2.59. The molecule has 2 rings (SSSR count). The first-order valence-corrected chi connectivity index (χ1v) is 5.77. The van der Waals surface area contributed by atoms with Crippen LogP contribution in [0.5, 0.6) is 0 Å². The van der Waals surface area contributed by atoms with Crippen LogP contribution in [-0.4, -0.2) is 9.97 Å². The highest BCUT2D eigenvalue weighted by Gasteiger charge is 1.98. The van der Waals surface area contributed by atoms with Gasteiger partial charge in [-0.05, 0) is 38.1 Å². The molecule has 0 unspecified atom stereocenters. The van der Waals surface area contributed by atoms with E-state index in [1.807, 2.05) is 38.1 Å². The second kappa shape index (κ2) is 5.82. The van der Waals surface area contributed by atoms with Gasteiger partial charge in [0.05, 0.1) is 0 Å². The highest BCUT2D eigenvalue weighted by Crippen LogP contribution is 2.13. The molecule has 18 heavy (non-hydrogen) atoms. The third kappa shape index (κ3) is 3.31. The summed E-state index contributed by atoms with van der Waals surface area (Å²) in [7, 11) is 0. The zero-order valence-electron chi connectivity index (χ0n) is 10.5. The van der Waals surface area contributed by atoms with Crippen LogP contribution >= 0.6 is 0 Å². The number of nitrogens with one attached hydrogen (secondary N) is 2. The molecule has 0 spiro atoms. The van der Waals surface area contributed by atoms with E-state index in [0.29, 0.717) is 0 Å². The maximum absolute atomic E-state index is 3.99. The van der Waals surface area contributed by atoms with Crippen LogP contribution in [0.3, 0.4) is 0 Å². The van der Waals surface area contributed by atoms with E-state index in [4.69, 9.17) is 0 Å². The Morgan fingerprint density at radius 3 is 1.39 bits per heavy atom. The van der Waals surface area contributed by atoms with Gasteiger partial charge >= 0.3 is 0 Å². The highest BCUT2D eigenvalue weighted by atomic mass is 15.0. The van der Waals surface area contributed by atoms with Crippen LogP contribution in [0, 0.1) is 0 Å². The predicted molar refractivity (Wildman–Crippen MR) is 74.1 cm³/mol. The molecule has 0 saturated heterocycles. The molecule has 0 fully saturated rings. The first-order chi connectivity index (χ1) is 8.75. The van der Waals surface area contributed by atoms with Crippen LogP contribution in [-0.2, 0) is 0 Å². The van der Waals surface area contributed by atoms with Crippen LogP contribution in [0.2, 0.25) is 0 Å². The highest BCUT2D eigenvalue weighted by molar-refractivity contribution is 5.52. The van der Waals surface area contributed by atoms with Gasteiger partial charge in [0.25, 0.3) is 0 Å². The van der Waals surface area contributed by atoms with Crippen molar-refractivity contribution in [3.8, 4) is 0 Å². The average Bonchev–Trinajstić information content (AvgIpc) is 2.41. The van der Waals surface area contributed by atoms with E-state index in [1.165, 1.54) is 0 Å². The first kappa shape index (κ1) is 12.1. The van der Waals surface area contributed by atoms with Gasteiger partial charge in [0.15, 0.2) is 0 Å². The van der Waals surface area contributed by atoms with E-state index in [9.17, 15) is 0 Å². The number of hydrogen-bond donors (Lipinski definition) is 2. The second-order valence-corrected chi connectivity index (χ2v) is 3.97. The topological polar surface area (TPSA) is 49.8 Å². The number of allylic oxidation sites excluding steroid dienone is 2. The normalized spacial score (nSPS) is 11.7. The molecule has 2 heterocycles.